The van der Waals surface area contributed by atoms with Gasteiger partial charge in [-0.15, -0.1) is 0 Å². The number of rotatable bonds is 10. The fourth-order valence-corrected chi connectivity index (χ4v) is 12.2. The molecule has 0 amide bonds. The van der Waals surface area contributed by atoms with E-state index in [0.717, 1.165) is 44.5 Å². The second-order valence-corrected chi connectivity index (χ2v) is 20.2. The lowest BCUT2D eigenvalue weighted by Crippen LogP contribution is -2.49. The first kappa shape index (κ1) is 40.1. The average molecular weight is 864 g/mol. The van der Waals surface area contributed by atoms with Crippen LogP contribution in [0.25, 0.3) is 11.1 Å². The third-order valence-corrected chi connectivity index (χ3v) is 16.3. The van der Waals surface area contributed by atoms with Gasteiger partial charge in [-0.1, -0.05) is 120 Å². The average Bonchev–Trinajstić information content (AvgIpc) is 3.64. The summed E-state index contributed by atoms with van der Waals surface area (Å²) >= 11 is 12.4. The van der Waals surface area contributed by atoms with Gasteiger partial charge in [0.05, 0.1) is 21.9 Å². The van der Waals surface area contributed by atoms with Gasteiger partial charge in [-0.25, -0.2) is 16.8 Å². The predicted octanol–water partition coefficient (Wildman–Crippen LogP) is 8.76. The highest BCUT2D eigenvalue weighted by Crippen LogP contribution is 2.40. The minimum Gasteiger partial charge on any atom is -0.290 e. The van der Waals surface area contributed by atoms with Gasteiger partial charge in [0.2, 0.25) is 20.0 Å². The maximum absolute atomic E-state index is 14.1. The second kappa shape index (κ2) is 16.6. The molecule has 12 heteroatoms. The Morgan fingerprint density at radius 1 is 0.407 bits per heavy atom. The molecule has 2 unspecified atom stereocenters. The molecule has 59 heavy (non-hydrogen) atoms. The van der Waals surface area contributed by atoms with Crippen molar-refractivity contribution in [3.63, 3.8) is 0 Å². The molecule has 0 saturated carbocycles. The zero-order chi connectivity index (χ0) is 40.7. The monoisotopic (exact) mass is 862 g/mol. The smallest absolute Gasteiger partial charge is 0.243 e. The fourth-order valence-electron chi connectivity index (χ4n) is 8.98. The van der Waals surface area contributed by atoms with Crippen LogP contribution in [0, 0.1) is 0 Å². The van der Waals surface area contributed by atoms with Crippen LogP contribution in [-0.4, -0.2) is 87.6 Å². The minimum atomic E-state index is -3.77. The van der Waals surface area contributed by atoms with Crippen LogP contribution in [0.1, 0.15) is 45.5 Å². The molecule has 9 rings (SSSR count). The largest absolute Gasteiger partial charge is 0.290 e. The van der Waals surface area contributed by atoms with Crippen LogP contribution in [0.2, 0.25) is 10.0 Å². The first-order valence-corrected chi connectivity index (χ1v) is 23.6. The summed E-state index contributed by atoms with van der Waals surface area (Å²) in [4.78, 5) is 5.18. The van der Waals surface area contributed by atoms with Gasteiger partial charge in [0.25, 0.3) is 0 Å². The molecule has 2 aliphatic heterocycles. The minimum absolute atomic E-state index is 0.0257. The summed E-state index contributed by atoms with van der Waals surface area (Å²) in [6.07, 6.45) is 0.457. The normalized spacial score (nSPS) is 17.9. The van der Waals surface area contributed by atoms with Crippen molar-refractivity contribution in [2.45, 2.75) is 28.3 Å². The van der Waals surface area contributed by atoms with Crippen LogP contribution in [0.3, 0.4) is 0 Å². The molecule has 2 atom stereocenters. The van der Waals surface area contributed by atoms with Gasteiger partial charge < -0.3 is 0 Å². The summed E-state index contributed by atoms with van der Waals surface area (Å²) in [6, 6.07) is 46.9. The van der Waals surface area contributed by atoms with Crippen LogP contribution in [0.15, 0.2) is 155 Å². The molecule has 2 heterocycles. The van der Waals surface area contributed by atoms with Crippen molar-refractivity contribution in [1.82, 2.24) is 18.4 Å². The van der Waals surface area contributed by atoms with Crippen molar-refractivity contribution in [3.05, 3.63) is 189 Å². The van der Waals surface area contributed by atoms with E-state index in [0.29, 0.717) is 68.8 Å². The van der Waals surface area contributed by atoms with Crippen LogP contribution in [0.5, 0.6) is 0 Å². The molecule has 2 fully saturated rings. The number of benzene rings is 6. The maximum atomic E-state index is 14.1. The van der Waals surface area contributed by atoms with Crippen LogP contribution < -0.4 is 0 Å². The lowest BCUT2D eigenvalue weighted by Gasteiger charge is -2.39. The van der Waals surface area contributed by atoms with Crippen LogP contribution in [-0.2, 0) is 26.5 Å². The van der Waals surface area contributed by atoms with E-state index in [1.165, 1.54) is 0 Å². The van der Waals surface area contributed by atoms with Gasteiger partial charge >= 0.3 is 0 Å². The Kier molecular flexibility index (Phi) is 11.3. The molecule has 2 saturated heterocycles. The standard InChI is InChI=1S/C47H44Cl2N4O4S2/c48-40-15-11-36(12-16-40)46(34-7-3-1-4-8-34)50-23-27-52(28-24-50)58(54,55)42-19-21-44-38(32-42)31-39-33-43(20-22-45(39)44)59(56,57)53-29-25-51(26-30-53)47(35-9-5-2-6-10-35)37-13-17-41(49)18-14-37/h1-22,32-33,46-47H,23-31H2. The summed E-state index contributed by atoms with van der Waals surface area (Å²) in [5, 5.41) is 1.35. The zero-order valence-corrected chi connectivity index (χ0v) is 35.5. The van der Waals surface area contributed by atoms with E-state index in [1.807, 2.05) is 97.1 Å². The summed E-state index contributed by atoms with van der Waals surface area (Å²) in [5.74, 6) is 0. The van der Waals surface area contributed by atoms with Crippen LogP contribution in [0.4, 0.5) is 0 Å². The third kappa shape index (κ3) is 8.01. The van der Waals surface area contributed by atoms with Crippen LogP contribution >= 0.6 is 23.2 Å². The third-order valence-electron chi connectivity index (χ3n) is 12.0. The van der Waals surface area contributed by atoms with E-state index in [1.54, 1.807) is 32.9 Å². The van der Waals surface area contributed by atoms with Crippen molar-refractivity contribution in [1.29, 1.82) is 0 Å². The summed E-state index contributed by atoms with van der Waals surface area (Å²) in [7, 11) is -7.54. The van der Waals surface area contributed by atoms with Gasteiger partial charge in [0, 0.05) is 62.4 Å². The maximum Gasteiger partial charge on any atom is 0.243 e. The van der Waals surface area contributed by atoms with Gasteiger partial charge in [-0.05, 0) is 99.5 Å². The highest BCUT2D eigenvalue weighted by atomic mass is 35.5. The van der Waals surface area contributed by atoms with E-state index in [2.05, 4.69) is 34.1 Å². The highest BCUT2D eigenvalue weighted by molar-refractivity contribution is 7.89. The molecule has 6 aromatic carbocycles. The van der Waals surface area contributed by atoms with E-state index in [9.17, 15) is 16.8 Å². The highest BCUT2D eigenvalue weighted by Gasteiger charge is 2.35. The number of piperazine rings is 2. The van der Waals surface area contributed by atoms with Gasteiger partial charge in [-0.2, -0.15) is 8.61 Å². The van der Waals surface area contributed by atoms with Gasteiger partial charge in [-0.3, -0.25) is 9.80 Å². The Bertz CT molecular complexity index is 2480. The van der Waals surface area contributed by atoms with Crippen molar-refractivity contribution >= 4 is 43.2 Å². The SMILES string of the molecule is O=S(=O)(c1ccc2c(c1)Cc1cc(S(=O)(=O)N3CCN(C(c4ccccc4)c4ccc(Cl)cc4)CC3)ccc1-2)N1CCN(C(c2ccccc2)c2ccc(Cl)cc2)CC1. The Morgan fingerprint density at radius 2 is 0.746 bits per heavy atom. The van der Waals surface area contributed by atoms with E-state index >= 15 is 0 Å². The quantitative estimate of drug-likeness (QED) is 0.137. The van der Waals surface area contributed by atoms with Gasteiger partial charge in [0.1, 0.15) is 0 Å². The number of nitrogens with zero attached hydrogens (tertiary/aromatic N) is 4. The second-order valence-electron chi connectivity index (χ2n) is 15.4. The first-order chi connectivity index (χ1) is 28.6. The number of hydrogen-bond donors (Lipinski definition) is 0. The Labute approximate surface area is 357 Å². The molecule has 302 valence electrons. The van der Waals surface area contributed by atoms with Crippen molar-refractivity contribution < 1.29 is 16.8 Å². The Hall–Kier alpha value is -4.36. The molecule has 1 aliphatic carbocycles. The molecule has 6 aromatic rings. The zero-order valence-electron chi connectivity index (χ0n) is 32.4. The first-order valence-electron chi connectivity index (χ1n) is 19.9. The molecule has 3 aliphatic rings. The van der Waals surface area contributed by atoms with Crippen molar-refractivity contribution in [2.24, 2.45) is 0 Å². The summed E-state index contributed by atoms with van der Waals surface area (Å²) < 4.78 is 59.6. The molecule has 8 nitrogen and oxygen atoms in total. The van der Waals surface area contributed by atoms with E-state index < -0.39 is 20.0 Å². The fraction of sp³-hybridized carbons (Fsp3) is 0.234. The van der Waals surface area contributed by atoms with E-state index in [-0.39, 0.29) is 21.9 Å². The summed E-state index contributed by atoms with van der Waals surface area (Å²) in [5.41, 5.74) is 8.13. The molecule has 0 radical (unpaired) electrons. The van der Waals surface area contributed by atoms with Crippen molar-refractivity contribution in [3.8, 4) is 11.1 Å². The molecular weight excluding hydrogens is 820 g/mol. The Balaban J connectivity index is 0.875. The van der Waals surface area contributed by atoms with Crippen molar-refractivity contribution in [2.75, 3.05) is 52.4 Å². The number of fused-ring (bicyclic) bond motifs is 3. The lowest BCUT2D eigenvalue weighted by atomic mass is 9.96. The predicted molar refractivity (Wildman–Crippen MR) is 235 cm³/mol. The molecule has 0 spiro atoms. The number of hydrogen-bond acceptors (Lipinski definition) is 6. The Morgan fingerprint density at radius 3 is 1.10 bits per heavy atom. The lowest BCUT2D eigenvalue weighted by molar-refractivity contribution is 0.155. The van der Waals surface area contributed by atoms with Gasteiger partial charge in [0.15, 0.2) is 0 Å². The molecule has 0 aromatic heterocycles. The molecule has 0 N–H and O–H groups in total. The molecular formula is C47H44Cl2N4O4S2. The van der Waals surface area contributed by atoms with E-state index in [4.69, 9.17) is 23.2 Å². The molecule has 0 bridgehead atoms. The topological polar surface area (TPSA) is 81.2 Å². The summed E-state index contributed by atoms with van der Waals surface area (Å²) in [6.45, 7) is 3.72. The number of halogens is 2. The number of sulfonamides is 2.